The van der Waals surface area contributed by atoms with E-state index in [1.54, 1.807) is 12.1 Å². The topological polar surface area (TPSA) is 26.3 Å². The molecule has 0 aliphatic rings. The molecule has 0 bridgehead atoms. The normalized spacial score (nSPS) is 11.5. The molecule has 0 saturated heterocycles. The molecule has 0 aliphatic heterocycles. The van der Waals surface area contributed by atoms with Crippen LogP contribution < -0.4 is 0 Å². The first-order chi connectivity index (χ1) is 7.54. The Labute approximate surface area is 115 Å². The van der Waals surface area contributed by atoms with Gasteiger partial charge >= 0.3 is 116 Å². The van der Waals surface area contributed by atoms with E-state index in [-0.39, 0.29) is 5.97 Å². The molecule has 1 aromatic rings. The van der Waals surface area contributed by atoms with Gasteiger partial charge in [0, 0.05) is 0 Å². The van der Waals surface area contributed by atoms with Gasteiger partial charge in [0.1, 0.15) is 0 Å². The number of ether oxygens (including phenoxy) is 1. The van der Waals surface area contributed by atoms with Crippen LogP contribution in [0, 0.1) is 0 Å². The van der Waals surface area contributed by atoms with E-state index in [0.29, 0.717) is 10.8 Å². The number of carbonyl (C=O) groups excluding carboxylic acids is 1. The van der Waals surface area contributed by atoms with Crippen LogP contribution >= 0.6 is 19.9 Å². The molecule has 0 amide bonds. The minimum atomic E-state index is -1.58. The number of allylic oxidation sites excluding steroid dienone is 1. The predicted octanol–water partition coefficient (Wildman–Crippen LogP) is 3.83. The maximum atomic E-state index is 11.0. The van der Waals surface area contributed by atoms with Crippen molar-refractivity contribution in [2.24, 2.45) is 0 Å². The van der Waals surface area contributed by atoms with E-state index in [9.17, 15) is 4.79 Å². The first-order valence-corrected chi connectivity index (χ1v) is 14.6. The summed E-state index contributed by atoms with van der Waals surface area (Å²) < 4.78 is 6.21. The number of hydrogen-bond donors (Lipinski definition) is 0. The Morgan fingerprint density at radius 2 is 2.06 bits per heavy atom. The van der Waals surface area contributed by atoms with Crippen molar-refractivity contribution in [3.05, 3.63) is 37.9 Å². The number of benzene rings is 1. The molecule has 5 heteroatoms. The molecule has 16 heavy (non-hydrogen) atoms. The second kappa shape index (κ2) is 6.62. The fourth-order valence-corrected chi connectivity index (χ4v) is 4.03. The second-order valence-electron chi connectivity index (χ2n) is 3.35. The Bertz CT molecular complexity index is 430. The zero-order valence-corrected chi connectivity index (χ0v) is 16.1. The van der Waals surface area contributed by atoms with Gasteiger partial charge in [0.2, 0.25) is 0 Å². The fourth-order valence-electron chi connectivity index (χ4n) is 1.23. The van der Waals surface area contributed by atoms with Crippen LogP contribution in [0.25, 0.3) is 5.76 Å². The van der Waals surface area contributed by atoms with Crippen molar-refractivity contribution in [1.82, 2.24) is 0 Å². The van der Waals surface area contributed by atoms with Gasteiger partial charge in [-0.05, 0) is 0 Å². The zero-order chi connectivity index (χ0) is 12.1. The quantitative estimate of drug-likeness (QED) is 0.402. The van der Waals surface area contributed by atoms with Crippen molar-refractivity contribution in [2.75, 3.05) is 0 Å². The summed E-state index contributed by atoms with van der Waals surface area (Å²) in [5.41, 5.74) is 0.806. The van der Waals surface area contributed by atoms with Crippen LogP contribution in [0.5, 0.6) is 0 Å². The number of halogens is 2. The number of rotatable bonds is 3. The summed E-state index contributed by atoms with van der Waals surface area (Å²) in [6.45, 7) is 3.29. The van der Waals surface area contributed by atoms with Gasteiger partial charge in [-0.15, -0.1) is 0 Å². The van der Waals surface area contributed by atoms with Crippen LogP contribution in [-0.4, -0.2) is 5.97 Å². The van der Waals surface area contributed by atoms with Crippen LogP contribution in [0.2, 0.25) is 5.02 Å². The molecule has 2 nitrogen and oxygen atoms in total. The molecule has 0 unspecified atom stereocenters. The maximum absolute atomic E-state index is 11.0. The zero-order valence-electron chi connectivity index (χ0n) is 9.09. The Hall–Kier alpha value is -0.0549. The van der Waals surface area contributed by atoms with E-state index < -0.39 is 23.3 Å². The molecule has 0 heterocycles. The molecule has 0 aliphatic carbocycles. The molecule has 82 valence electrons. The third-order valence-electron chi connectivity index (χ3n) is 1.92. The number of hydrogen-bond acceptors (Lipinski definition) is 2. The molecule has 0 radical (unpaired) electrons. The van der Waals surface area contributed by atoms with Gasteiger partial charge in [-0.1, -0.05) is 0 Å². The second-order valence-corrected chi connectivity index (χ2v) is 11.3. The first-order valence-electron chi connectivity index (χ1n) is 4.74. The third-order valence-corrected chi connectivity index (χ3v) is 8.48. The van der Waals surface area contributed by atoms with E-state index in [2.05, 4.69) is 0 Å². The Kier molecular flexibility index (Phi) is 5.80. The Morgan fingerprint density at radius 1 is 1.38 bits per heavy atom. The summed E-state index contributed by atoms with van der Waals surface area (Å²) in [6, 6.07) is 7.22. The molecule has 0 atom stereocenters. The van der Waals surface area contributed by atoms with Crippen LogP contribution in [0.4, 0.5) is 0 Å². The summed E-state index contributed by atoms with van der Waals surface area (Å²) in [6.07, 6.45) is 0. The average molecular weight is 446 g/mol. The van der Waals surface area contributed by atoms with E-state index in [1.807, 2.05) is 19.1 Å². The van der Waals surface area contributed by atoms with Gasteiger partial charge in [-0.2, -0.15) is 0 Å². The number of carbonyl (C=O) groups is 1. The van der Waals surface area contributed by atoms with Crippen molar-refractivity contribution < 1.29 is 32.9 Å². The van der Waals surface area contributed by atoms with Crippen molar-refractivity contribution in [3.8, 4) is 0 Å². The molecular formula is C11H10Cl2HgO2. The average Bonchev–Trinajstić information content (AvgIpc) is 2.24. The molecule has 1 aromatic carbocycles. The van der Waals surface area contributed by atoms with Gasteiger partial charge < -0.3 is 0 Å². The monoisotopic (exact) mass is 446 g/mol. The van der Waals surface area contributed by atoms with Crippen molar-refractivity contribution in [2.45, 2.75) is 13.8 Å². The van der Waals surface area contributed by atoms with Gasteiger partial charge in [-0.3, -0.25) is 0 Å². The van der Waals surface area contributed by atoms with Crippen LogP contribution in [0.1, 0.15) is 19.4 Å². The number of esters is 1. The third kappa shape index (κ3) is 4.08. The summed E-state index contributed by atoms with van der Waals surface area (Å²) in [4.78, 5) is 11.0. The van der Waals surface area contributed by atoms with Crippen LogP contribution in [0.15, 0.2) is 27.3 Å². The van der Waals surface area contributed by atoms with Gasteiger partial charge in [0.05, 0.1) is 0 Å². The van der Waals surface area contributed by atoms with Crippen LogP contribution in [0.3, 0.4) is 0 Å². The minimum absolute atomic E-state index is 0.340. The molecule has 0 spiro atoms. The van der Waals surface area contributed by atoms with Gasteiger partial charge in [0.25, 0.3) is 0 Å². The van der Waals surface area contributed by atoms with E-state index in [1.165, 1.54) is 6.92 Å². The molecule has 0 fully saturated rings. The Balaban J connectivity index is 3.16. The van der Waals surface area contributed by atoms with Crippen molar-refractivity contribution in [1.29, 1.82) is 0 Å². The fraction of sp³-hybridized carbons (Fsp3) is 0.182. The molecular weight excluding hydrogens is 436 g/mol. The predicted molar refractivity (Wildman–Crippen MR) is 61.7 cm³/mol. The summed E-state index contributed by atoms with van der Waals surface area (Å²) in [5.74, 6) is 0.236. The summed E-state index contributed by atoms with van der Waals surface area (Å²) >= 11 is 4.31. The summed E-state index contributed by atoms with van der Waals surface area (Å²) in [5, 5.41) is 0.612. The molecule has 0 saturated carbocycles. The van der Waals surface area contributed by atoms with E-state index in [4.69, 9.17) is 24.6 Å². The van der Waals surface area contributed by atoms with Gasteiger partial charge in [-0.25, -0.2) is 0 Å². The first kappa shape index (κ1) is 14.0. The van der Waals surface area contributed by atoms with Gasteiger partial charge in [0.15, 0.2) is 0 Å². The Morgan fingerprint density at radius 3 is 2.56 bits per heavy atom. The van der Waals surface area contributed by atoms with E-state index >= 15 is 0 Å². The summed E-state index contributed by atoms with van der Waals surface area (Å²) in [7, 11) is 5.96. The standard InChI is InChI=1S/C11H10ClO2.ClH.Hg/c1-3-11(14-8(2)13)9-5-4-6-10(12)7-9;;/h4-7H,1-2H3;1H;/q;;+1/p-1. The molecule has 1 rings (SSSR count). The van der Waals surface area contributed by atoms with Crippen molar-refractivity contribution >= 4 is 31.6 Å². The van der Waals surface area contributed by atoms with E-state index in [0.717, 1.165) is 8.65 Å². The van der Waals surface area contributed by atoms with Crippen molar-refractivity contribution in [3.63, 3.8) is 0 Å². The van der Waals surface area contributed by atoms with Crippen LogP contribution in [-0.2, 0) is 32.9 Å². The molecule has 0 aromatic heterocycles. The SMILES string of the molecule is CC(=O)O/C(=[C](\C)[Hg][Cl])c1cccc(Cl)c1. The molecule has 0 N–H and O–H groups in total.